The van der Waals surface area contributed by atoms with Gasteiger partial charge in [-0.3, -0.25) is 0 Å². The van der Waals surface area contributed by atoms with Crippen LogP contribution in [0.5, 0.6) is 0 Å². The topological polar surface area (TPSA) is 32.7 Å². The van der Waals surface area contributed by atoms with E-state index in [0.717, 1.165) is 44.2 Å². The summed E-state index contributed by atoms with van der Waals surface area (Å²) in [4.78, 5) is 2.33. The molecule has 4 heteroatoms. The first-order chi connectivity index (χ1) is 8.31. The maximum Gasteiger partial charge on any atom is 0.0642 e. The van der Waals surface area contributed by atoms with E-state index in [9.17, 15) is 0 Å². The maximum atomic E-state index is 8.93. The predicted molar refractivity (Wildman–Crippen MR) is 69.9 cm³/mol. The highest BCUT2D eigenvalue weighted by molar-refractivity contribution is 6.30. The number of hydrogen-bond donors (Lipinski definition) is 1. The summed E-state index contributed by atoms with van der Waals surface area (Å²) in [7, 11) is 0. The summed E-state index contributed by atoms with van der Waals surface area (Å²) in [6.07, 6.45) is 1.64. The van der Waals surface area contributed by atoms with Crippen LogP contribution in [0, 0.1) is 0 Å². The van der Waals surface area contributed by atoms with Crippen LogP contribution in [0.2, 0.25) is 5.02 Å². The summed E-state index contributed by atoms with van der Waals surface area (Å²) < 4.78 is 5.36. The zero-order valence-electron chi connectivity index (χ0n) is 9.86. The Morgan fingerprint density at radius 3 is 2.76 bits per heavy atom. The number of morpholine rings is 1. The number of aryl methyl sites for hydroxylation is 1. The Hall–Kier alpha value is -0.770. The van der Waals surface area contributed by atoms with Gasteiger partial charge in [0.1, 0.15) is 0 Å². The third-order valence-corrected chi connectivity index (χ3v) is 3.23. The fraction of sp³-hybridized carbons (Fsp3) is 0.538. The summed E-state index contributed by atoms with van der Waals surface area (Å²) >= 11 is 6.03. The molecule has 1 aromatic rings. The Morgan fingerprint density at radius 1 is 1.29 bits per heavy atom. The highest BCUT2D eigenvalue weighted by atomic mass is 35.5. The lowest BCUT2D eigenvalue weighted by Gasteiger charge is -2.30. The summed E-state index contributed by atoms with van der Waals surface area (Å²) in [5, 5.41) is 9.69. The van der Waals surface area contributed by atoms with E-state index in [1.165, 1.54) is 11.3 Å². The van der Waals surface area contributed by atoms with Crippen LogP contribution in [0.3, 0.4) is 0 Å². The summed E-state index contributed by atoms with van der Waals surface area (Å²) in [5.74, 6) is 0. The second-order valence-corrected chi connectivity index (χ2v) is 4.64. The van der Waals surface area contributed by atoms with Crippen LogP contribution in [0.15, 0.2) is 18.2 Å². The third-order valence-electron chi connectivity index (χ3n) is 3.00. The van der Waals surface area contributed by atoms with Crippen molar-refractivity contribution in [1.29, 1.82) is 0 Å². The summed E-state index contributed by atoms with van der Waals surface area (Å²) in [6, 6.07) is 6.00. The fourth-order valence-corrected chi connectivity index (χ4v) is 2.33. The minimum absolute atomic E-state index is 0.217. The minimum Gasteiger partial charge on any atom is -0.396 e. The lowest BCUT2D eigenvalue weighted by molar-refractivity contribution is 0.122. The van der Waals surface area contributed by atoms with E-state index in [-0.39, 0.29) is 6.61 Å². The number of nitrogens with zero attached hydrogens (tertiary/aromatic N) is 1. The van der Waals surface area contributed by atoms with E-state index in [0.29, 0.717) is 0 Å². The van der Waals surface area contributed by atoms with Gasteiger partial charge in [-0.25, -0.2) is 0 Å². The monoisotopic (exact) mass is 255 g/mol. The van der Waals surface area contributed by atoms with Gasteiger partial charge in [0, 0.05) is 30.4 Å². The smallest absolute Gasteiger partial charge is 0.0642 e. The Kier molecular flexibility index (Phi) is 4.66. The van der Waals surface area contributed by atoms with Gasteiger partial charge >= 0.3 is 0 Å². The molecule has 0 amide bonds. The summed E-state index contributed by atoms with van der Waals surface area (Å²) in [5.41, 5.74) is 2.44. The molecule has 0 radical (unpaired) electrons. The fourth-order valence-electron chi connectivity index (χ4n) is 2.14. The Morgan fingerprint density at radius 2 is 2.06 bits per heavy atom. The average molecular weight is 256 g/mol. The van der Waals surface area contributed by atoms with E-state index in [1.807, 2.05) is 12.1 Å². The molecule has 1 fully saturated rings. The van der Waals surface area contributed by atoms with Crippen molar-refractivity contribution in [2.24, 2.45) is 0 Å². The Bertz CT molecular complexity index is 364. The molecule has 0 atom stereocenters. The molecule has 1 heterocycles. The molecule has 0 aliphatic carbocycles. The number of halogens is 1. The van der Waals surface area contributed by atoms with Gasteiger partial charge in [0.2, 0.25) is 0 Å². The molecule has 1 aliphatic heterocycles. The third kappa shape index (κ3) is 3.35. The van der Waals surface area contributed by atoms with E-state index in [1.54, 1.807) is 0 Å². The van der Waals surface area contributed by atoms with Crippen molar-refractivity contribution in [1.82, 2.24) is 0 Å². The molecule has 0 bridgehead atoms. The second kappa shape index (κ2) is 6.24. The van der Waals surface area contributed by atoms with Crippen LogP contribution in [0.25, 0.3) is 0 Å². The van der Waals surface area contributed by atoms with Crippen molar-refractivity contribution in [3.8, 4) is 0 Å². The Balaban J connectivity index is 2.18. The number of anilines is 1. The van der Waals surface area contributed by atoms with Crippen molar-refractivity contribution in [3.05, 3.63) is 28.8 Å². The van der Waals surface area contributed by atoms with E-state index in [2.05, 4.69) is 11.0 Å². The standard InChI is InChI=1S/C13H18ClNO2/c14-12-3-4-13(11(10-12)2-1-7-16)15-5-8-17-9-6-15/h3-4,10,16H,1-2,5-9H2. The maximum absolute atomic E-state index is 8.93. The molecule has 0 aromatic heterocycles. The molecule has 2 rings (SSSR count). The first-order valence-electron chi connectivity index (χ1n) is 6.03. The molecule has 1 N–H and O–H groups in total. The SMILES string of the molecule is OCCCc1cc(Cl)ccc1N1CCOCC1. The summed E-state index contributed by atoms with van der Waals surface area (Å²) in [6.45, 7) is 3.63. The van der Waals surface area contributed by atoms with Crippen molar-refractivity contribution < 1.29 is 9.84 Å². The molecule has 1 aliphatic rings. The molecule has 1 saturated heterocycles. The second-order valence-electron chi connectivity index (χ2n) is 4.20. The molecule has 17 heavy (non-hydrogen) atoms. The van der Waals surface area contributed by atoms with Crippen LogP contribution in [0.4, 0.5) is 5.69 Å². The highest BCUT2D eigenvalue weighted by Crippen LogP contribution is 2.26. The van der Waals surface area contributed by atoms with Gasteiger partial charge < -0.3 is 14.7 Å². The van der Waals surface area contributed by atoms with Crippen molar-refractivity contribution in [2.45, 2.75) is 12.8 Å². The van der Waals surface area contributed by atoms with E-state index < -0.39 is 0 Å². The molecular formula is C13H18ClNO2. The first kappa shape index (κ1) is 12.7. The quantitative estimate of drug-likeness (QED) is 0.895. The van der Waals surface area contributed by atoms with Gasteiger partial charge in [0.15, 0.2) is 0 Å². The van der Waals surface area contributed by atoms with Gasteiger partial charge in [-0.05, 0) is 36.6 Å². The molecule has 0 unspecified atom stereocenters. The molecule has 94 valence electrons. The number of aliphatic hydroxyl groups excluding tert-OH is 1. The van der Waals surface area contributed by atoms with Gasteiger partial charge in [-0.1, -0.05) is 11.6 Å². The van der Waals surface area contributed by atoms with Crippen LogP contribution >= 0.6 is 11.6 Å². The number of aliphatic hydroxyl groups is 1. The average Bonchev–Trinajstić information content (AvgIpc) is 2.37. The highest BCUT2D eigenvalue weighted by Gasteiger charge is 2.14. The lowest BCUT2D eigenvalue weighted by Crippen LogP contribution is -2.36. The Labute approximate surface area is 107 Å². The lowest BCUT2D eigenvalue weighted by atomic mass is 10.1. The molecule has 3 nitrogen and oxygen atoms in total. The molecular weight excluding hydrogens is 238 g/mol. The largest absolute Gasteiger partial charge is 0.396 e. The number of benzene rings is 1. The molecule has 1 aromatic carbocycles. The van der Waals surface area contributed by atoms with Gasteiger partial charge in [0.05, 0.1) is 13.2 Å². The predicted octanol–water partition coefficient (Wildman–Crippen LogP) is 2.10. The number of rotatable bonds is 4. The van der Waals surface area contributed by atoms with Crippen LogP contribution in [0.1, 0.15) is 12.0 Å². The molecule has 0 spiro atoms. The number of hydrogen-bond acceptors (Lipinski definition) is 3. The van der Waals surface area contributed by atoms with Gasteiger partial charge in [0.25, 0.3) is 0 Å². The van der Waals surface area contributed by atoms with Crippen LogP contribution in [-0.2, 0) is 11.2 Å². The minimum atomic E-state index is 0.217. The zero-order chi connectivity index (χ0) is 12.1. The van der Waals surface area contributed by atoms with Gasteiger partial charge in [-0.15, -0.1) is 0 Å². The molecule has 0 saturated carbocycles. The van der Waals surface area contributed by atoms with Crippen LogP contribution < -0.4 is 4.90 Å². The number of ether oxygens (including phenoxy) is 1. The van der Waals surface area contributed by atoms with Gasteiger partial charge in [-0.2, -0.15) is 0 Å². The van der Waals surface area contributed by atoms with Crippen molar-refractivity contribution in [2.75, 3.05) is 37.8 Å². The van der Waals surface area contributed by atoms with Crippen molar-refractivity contribution in [3.63, 3.8) is 0 Å². The van der Waals surface area contributed by atoms with Crippen LogP contribution in [-0.4, -0.2) is 38.0 Å². The van der Waals surface area contributed by atoms with E-state index in [4.69, 9.17) is 21.4 Å². The first-order valence-corrected chi connectivity index (χ1v) is 6.41. The normalized spacial score (nSPS) is 16.2. The van der Waals surface area contributed by atoms with E-state index >= 15 is 0 Å². The van der Waals surface area contributed by atoms with Crippen molar-refractivity contribution >= 4 is 17.3 Å². The zero-order valence-corrected chi connectivity index (χ0v) is 10.6.